The van der Waals surface area contributed by atoms with Crippen molar-refractivity contribution in [1.82, 2.24) is 5.32 Å². The Morgan fingerprint density at radius 1 is 1.17 bits per heavy atom. The van der Waals surface area contributed by atoms with Gasteiger partial charge in [0.2, 0.25) is 0 Å². The van der Waals surface area contributed by atoms with Gasteiger partial charge in [0.1, 0.15) is 0 Å². The molecule has 2 aromatic rings. The van der Waals surface area contributed by atoms with Gasteiger partial charge in [-0.25, -0.2) is 0 Å². The third kappa shape index (κ3) is 5.18. The van der Waals surface area contributed by atoms with Crippen LogP contribution in [0.5, 0.6) is 0 Å². The molecule has 0 aliphatic rings. The highest BCUT2D eigenvalue weighted by atomic mass is 16.5. The molecule has 0 fully saturated rings. The number of methoxy groups -OCH3 is 1. The largest absolute Gasteiger partial charge is 0.396 e. The van der Waals surface area contributed by atoms with Gasteiger partial charge >= 0.3 is 0 Å². The number of carbonyl (C=O) groups is 1. The van der Waals surface area contributed by atoms with Crippen LogP contribution in [0.4, 0.5) is 0 Å². The number of benzene rings is 2. The van der Waals surface area contributed by atoms with Gasteiger partial charge in [0, 0.05) is 25.8 Å². The number of rotatable bonds is 8. The maximum absolute atomic E-state index is 12.3. The van der Waals surface area contributed by atoms with Crippen LogP contribution in [0.3, 0.4) is 0 Å². The highest BCUT2D eigenvalue weighted by Crippen LogP contribution is 2.21. The number of hydrogen-bond acceptors (Lipinski definition) is 3. The minimum absolute atomic E-state index is 0.0722. The van der Waals surface area contributed by atoms with E-state index >= 15 is 0 Å². The smallest absolute Gasteiger partial charge is 0.251 e. The molecule has 0 bridgehead atoms. The Bertz CT molecular complexity index is 652. The number of aliphatic hydroxyl groups excluding tert-OH is 1. The zero-order chi connectivity index (χ0) is 17.4. The average molecular weight is 327 g/mol. The number of carbonyl (C=O) groups excluding carboxylic acids is 1. The zero-order valence-corrected chi connectivity index (χ0v) is 14.3. The van der Waals surface area contributed by atoms with Crippen molar-refractivity contribution in [2.45, 2.75) is 25.9 Å². The van der Waals surface area contributed by atoms with Crippen molar-refractivity contribution in [1.29, 1.82) is 0 Å². The highest BCUT2D eigenvalue weighted by Gasteiger charge is 2.08. The quantitative estimate of drug-likeness (QED) is 0.783. The Hall–Kier alpha value is -2.17. The molecule has 4 nitrogen and oxygen atoms in total. The van der Waals surface area contributed by atoms with Gasteiger partial charge in [-0.1, -0.05) is 36.4 Å². The van der Waals surface area contributed by atoms with Gasteiger partial charge in [0.15, 0.2) is 0 Å². The maximum atomic E-state index is 12.3. The van der Waals surface area contributed by atoms with Gasteiger partial charge in [-0.15, -0.1) is 0 Å². The van der Waals surface area contributed by atoms with Crippen molar-refractivity contribution in [3.05, 3.63) is 59.7 Å². The van der Waals surface area contributed by atoms with Crippen molar-refractivity contribution in [3.8, 4) is 11.1 Å². The predicted octanol–water partition coefficient (Wildman–Crippen LogP) is 3.04. The normalized spacial score (nSPS) is 12.0. The van der Waals surface area contributed by atoms with Crippen molar-refractivity contribution in [2.24, 2.45) is 0 Å². The van der Waals surface area contributed by atoms with E-state index in [1.54, 1.807) is 7.11 Å². The van der Waals surface area contributed by atoms with E-state index in [2.05, 4.69) is 5.32 Å². The first-order valence-electron chi connectivity index (χ1n) is 8.25. The summed E-state index contributed by atoms with van der Waals surface area (Å²) in [5, 5.41) is 11.9. The Kier molecular flexibility index (Phi) is 6.97. The molecule has 2 N–H and O–H groups in total. The van der Waals surface area contributed by atoms with Gasteiger partial charge in [-0.2, -0.15) is 0 Å². The first-order chi connectivity index (χ1) is 11.6. The van der Waals surface area contributed by atoms with E-state index in [4.69, 9.17) is 9.84 Å². The zero-order valence-electron chi connectivity index (χ0n) is 14.3. The number of ether oxygens (including phenoxy) is 1. The molecular weight excluding hydrogens is 302 g/mol. The van der Waals surface area contributed by atoms with E-state index in [1.165, 1.54) is 0 Å². The van der Waals surface area contributed by atoms with Crippen LogP contribution in [-0.2, 0) is 11.2 Å². The van der Waals surface area contributed by atoms with Crippen LogP contribution in [0.25, 0.3) is 11.1 Å². The third-order valence-electron chi connectivity index (χ3n) is 4.05. The summed E-state index contributed by atoms with van der Waals surface area (Å²) in [5.41, 5.74) is 3.81. The molecule has 1 amide bonds. The first-order valence-corrected chi connectivity index (χ1v) is 8.25. The van der Waals surface area contributed by atoms with E-state index in [9.17, 15) is 4.79 Å². The summed E-state index contributed by atoms with van der Waals surface area (Å²) in [6, 6.07) is 15.6. The van der Waals surface area contributed by atoms with E-state index in [0.29, 0.717) is 18.5 Å². The van der Waals surface area contributed by atoms with Crippen molar-refractivity contribution in [2.75, 3.05) is 20.3 Å². The van der Waals surface area contributed by atoms with Crippen LogP contribution in [-0.4, -0.2) is 37.4 Å². The molecule has 0 aromatic heterocycles. The van der Waals surface area contributed by atoms with Gasteiger partial charge in [-0.05, 0) is 48.6 Å². The molecule has 2 aromatic carbocycles. The third-order valence-corrected chi connectivity index (χ3v) is 4.05. The number of aliphatic hydroxyl groups is 1. The predicted molar refractivity (Wildman–Crippen MR) is 96.1 cm³/mol. The van der Waals surface area contributed by atoms with Crippen LogP contribution < -0.4 is 5.32 Å². The minimum Gasteiger partial charge on any atom is -0.396 e. The molecule has 0 heterocycles. The van der Waals surface area contributed by atoms with E-state index in [-0.39, 0.29) is 18.6 Å². The molecule has 0 spiro atoms. The second-order valence-electron chi connectivity index (χ2n) is 5.84. The molecule has 0 aliphatic heterocycles. The standard InChI is InChI=1S/C20H25NO3/c1-15(24-2)10-12-21-20(23)19-5-3-4-18(14-19)17-8-6-16(7-9-17)11-13-22/h3-9,14-15,22H,10-13H2,1-2H3,(H,21,23)/t15-/m1/s1. The van der Waals surface area contributed by atoms with Crippen molar-refractivity contribution >= 4 is 5.91 Å². The van der Waals surface area contributed by atoms with E-state index < -0.39 is 0 Å². The Labute approximate surface area is 143 Å². The summed E-state index contributed by atoms with van der Waals surface area (Å²) in [4.78, 5) is 12.3. The van der Waals surface area contributed by atoms with Crippen molar-refractivity contribution < 1.29 is 14.6 Å². The first kappa shape index (κ1) is 18.2. The van der Waals surface area contributed by atoms with Crippen LogP contribution in [0, 0.1) is 0 Å². The monoisotopic (exact) mass is 327 g/mol. The summed E-state index contributed by atoms with van der Waals surface area (Å²) >= 11 is 0. The second-order valence-corrected chi connectivity index (χ2v) is 5.84. The molecule has 0 saturated heterocycles. The van der Waals surface area contributed by atoms with Crippen LogP contribution in [0.15, 0.2) is 48.5 Å². The topological polar surface area (TPSA) is 58.6 Å². The lowest BCUT2D eigenvalue weighted by atomic mass is 10.0. The SMILES string of the molecule is CO[C@H](C)CCNC(=O)c1cccc(-c2ccc(CCO)cc2)c1. The number of hydrogen-bond donors (Lipinski definition) is 2. The molecule has 4 heteroatoms. The minimum atomic E-state index is -0.0722. The summed E-state index contributed by atoms with van der Waals surface area (Å²) in [7, 11) is 1.67. The lowest BCUT2D eigenvalue weighted by Crippen LogP contribution is -2.26. The molecule has 24 heavy (non-hydrogen) atoms. The average Bonchev–Trinajstić information content (AvgIpc) is 2.62. The molecular formula is C20H25NO3. The van der Waals surface area contributed by atoms with Crippen LogP contribution >= 0.6 is 0 Å². The summed E-state index contributed by atoms with van der Waals surface area (Å²) in [6.45, 7) is 2.72. The fraction of sp³-hybridized carbons (Fsp3) is 0.350. The van der Waals surface area contributed by atoms with Gasteiger partial charge in [0.25, 0.3) is 5.91 Å². The number of amides is 1. The van der Waals surface area contributed by atoms with Gasteiger partial charge in [-0.3, -0.25) is 4.79 Å². The maximum Gasteiger partial charge on any atom is 0.251 e. The molecule has 0 aliphatic carbocycles. The molecule has 0 radical (unpaired) electrons. The van der Waals surface area contributed by atoms with E-state index in [0.717, 1.165) is 23.1 Å². The Balaban J connectivity index is 2.03. The summed E-state index contributed by atoms with van der Waals surface area (Å²) in [5.74, 6) is -0.0722. The Morgan fingerprint density at radius 2 is 1.92 bits per heavy atom. The molecule has 1 atom stereocenters. The van der Waals surface area contributed by atoms with Crippen LogP contribution in [0.2, 0.25) is 0 Å². The molecule has 0 unspecified atom stereocenters. The van der Waals surface area contributed by atoms with Gasteiger partial charge < -0.3 is 15.2 Å². The Morgan fingerprint density at radius 3 is 2.58 bits per heavy atom. The fourth-order valence-corrected chi connectivity index (χ4v) is 2.44. The molecule has 2 rings (SSSR count). The number of nitrogens with one attached hydrogen (secondary N) is 1. The van der Waals surface area contributed by atoms with E-state index in [1.807, 2.05) is 55.5 Å². The lowest BCUT2D eigenvalue weighted by molar-refractivity contribution is 0.0918. The fourth-order valence-electron chi connectivity index (χ4n) is 2.44. The molecule has 0 saturated carbocycles. The second kappa shape index (κ2) is 9.21. The highest BCUT2D eigenvalue weighted by molar-refractivity contribution is 5.95. The lowest BCUT2D eigenvalue weighted by Gasteiger charge is -2.11. The summed E-state index contributed by atoms with van der Waals surface area (Å²) in [6.07, 6.45) is 1.57. The summed E-state index contributed by atoms with van der Waals surface area (Å²) < 4.78 is 5.17. The van der Waals surface area contributed by atoms with Crippen molar-refractivity contribution in [3.63, 3.8) is 0 Å². The van der Waals surface area contributed by atoms with Crippen LogP contribution in [0.1, 0.15) is 29.3 Å². The molecule has 128 valence electrons. The van der Waals surface area contributed by atoms with Gasteiger partial charge in [0.05, 0.1) is 6.10 Å².